The quantitative estimate of drug-likeness (QED) is 0.564. The number of hydrogen-bond donors (Lipinski definition) is 1. The number of hydrogen-bond acceptors (Lipinski definition) is 4. The van der Waals surface area contributed by atoms with E-state index in [2.05, 4.69) is 5.32 Å². The first-order chi connectivity index (χ1) is 5.14. The van der Waals surface area contributed by atoms with Gasteiger partial charge in [-0.3, -0.25) is 0 Å². The maximum absolute atomic E-state index is 10.7. The summed E-state index contributed by atoms with van der Waals surface area (Å²) in [6.45, 7) is 1.37. The van der Waals surface area contributed by atoms with Gasteiger partial charge in [-0.25, -0.2) is 8.42 Å². The second-order valence-electron chi connectivity index (χ2n) is 2.72. The topological polar surface area (TPSA) is 55.4 Å². The van der Waals surface area contributed by atoms with Crippen LogP contribution in [0.3, 0.4) is 0 Å². The van der Waals surface area contributed by atoms with E-state index < -0.39 is 9.84 Å². The molecule has 0 atom stereocenters. The van der Waals surface area contributed by atoms with Crippen LogP contribution in [0.5, 0.6) is 0 Å². The van der Waals surface area contributed by atoms with Crippen molar-refractivity contribution in [3.8, 4) is 0 Å². The number of rotatable bonds is 4. The Morgan fingerprint density at radius 1 is 1.55 bits per heavy atom. The lowest BCUT2D eigenvalue weighted by molar-refractivity contribution is 0.196. The average Bonchev–Trinajstić information content (AvgIpc) is 1.84. The van der Waals surface area contributed by atoms with Gasteiger partial charge in [0.2, 0.25) is 0 Å². The zero-order valence-electron chi connectivity index (χ0n) is 6.54. The summed E-state index contributed by atoms with van der Waals surface area (Å²) in [5.74, 6) is 0.577. The number of nitrogens with one attached hydrogen (secondary N) is 1. The van der Waals surface area contributed by atoms with Crippen molar-refractivity contribution in [1.29, 1.82) is 0 Å². The van der Waals surface area contributed by atoms with E-state index in [9.17, 15) is 8.42 Å². The normalized spacial score (nSPS) is 23.0. The molecule has 0 spiro atoms. The first-order valence-corrected chi connectivity index (χ1v) is 5.39. The number of ether oxygens (including phenoxy) is 1. The maximum Gasteiger partial charge on any atom is 0.153 e. The third-order valence-corrected chi connectivity index (χ3v) is 3.47. The van der Waals surface area contributed by atoms with Gasteiger partial charge in [0.05, 0.1) is 18.1 Å². The van der Waals surface area contributed by atoms with E-state index >= 15 is 0 Å². The zero-order valence-corrected chi connectivity index (χ0v) is 7.36. The number of sulfone groups is 1. The van der Waals surface area contributed by atoms with E-state index in [0.29, 0.717) is 6.61 Å². The van der Waals surface area contributed by atoms with Crippen LogP contribution in [0.4, 0.5) is 0 Å². The van der Waals surface area contributed by atoms with Gasteiger partial charge in [0.1, 0.15) is 0 Å². The lowest BCUT2D eigenvalue weighted by Gasteiger charge is -2.26. The smallest absolute Gasteiger partial charge is 0.153 e. The van der Waals surface area contributed by atoms with E-state index in [1.165, 1.54) is 0 Å². The van der Waals surface area contributed by atoms with E-state index in [1.807, 2.05) is 0 Å². The van der Waals surface area contributed by atoms with Crippen LogP contribution in [0.15, 0.2) is 0 Å². The van der Waals surface area contributed by atoms with Crippen LogP contribution in [-0.4, -0.2) is 46.2 Å². The molecule has 0 radical (unpaired) electrons. The largest absolute Gasteiger partial charge is 0.383 e. The maximum atomic E-state index is 10.7. The second-order valence-corrected chi connectivity index (χ2v) is 4.87. The fourth-order valence-corrected chi connectivity index (χ4v) is 2.41. The molecule has 1 aliphatic heterocycles. The monoisotopic (exact) mass is 179 g/mol. The molecule has 1 fully saturated rings. The predicted molar refractivity (Wildman–Crippen MR) is 42.3 cm³/mol. The molecule has 0 bridgehead atoms. The Kier molecular flexibility index (Phi) is 2.86. The highest BCUT2D eigenvalue weighted by atomic mass is 32.2. The Bertz CT molecular complexity index is 200. The van der Waals surface area contributed by atoms with Gasteiger partial charge >= 0.3 is 0 Å². The molecule has 0 amide bonds. The lowest BCUT2D eigenvalue weighted by atomic mass is 10.4. The summed E-state index contributed by atoms with van der Waals surface area (Å²) in [5.41, 5.74) is 0. The van der Waals surface area contributed by atoms with Gasteiger partial charge in [0, 0.05) is 19.7 Å². The molecule has 1 rings (SSSR count). The highest BCUT2D eigenvalue weighted by Gasteiger charge is 2.32. The summed E-state index contributed by atoms with van der Waals surface area (Å²) in [4.78, 5) is 0. The van der Waals surface area contributed by atoms with Gasteiger partial charge in [-0.2, -0.15) is 0 Å². The highest BCUT2D eigenvalue weighted by molar-refractivity contribution is 7.92. The molecule has 1 saturated heterocycles. The van der Waals surface area contributed by atoms with Gasteiger partial charge in [-0.1, -0.05) is 0 Å². The molecular formula is C6H13NO3S. The SMILES string of the molecule is COCCNC1CS(=O)(=O)C1. The van der Waals surface area contributed by atoms with Crippen molar-refractivity contribution in [1.82, 2.24) is 5.32 Å². The molecule has 0 aliphatic carbocycles. The first kappa shape index (κ1) is 8.96. The van der Waals surface area contributed by atoms with Crippen LogP contribution in [0.25, 0.3) is 0 Å². The van der Waals surface area contributed by atoms with Crippen LogP contribution in [0.2, 0.25) is 0 Å². The van der Waals surface area contributed by atoms with E-state index in [1.54, 1.807) is 7.11 Å². The van der Waals surface area contributed by atoms with Gasteiger partial charge in [-0.05, 0) is 0 Å². The minimum absolute atomic E-state index is 0.162. The third kappa shape index (κ3) is 2.76. The molecule has 11 heavy (non-hydrogen) atoms. The lowest BCUT2D eigenvalue weighted by Crippen LogP contribution is -2.51. The summed E-state index contributed by atoms with van der Waals surface area (Å²) in [6.07, 6.45) is 0. The Morgan fingerprint density at radius 3 is 2.64 bits per heavy atom. The highest BCUT2D eigenvalue weighted by Crippen LogP contribution is 2.09. The van der Waals surface area contributed by atoms with Crippen molar-refractivity contribution in [2.24, 2.45) is 0 Å². The van der Waals surface area contributed by atoms with Crippen LogP contribution < -0.4 is 5.32 Å². The van der Waals surface area contributed by atoms with Gasteiger partial charge in [0.15, 0.2) is 9.84 Å². The third-order valence-electron chi connectivity index (χ3n) is 1.65. The average molecular weight is 179 g/mol. The molecule has 0 saturated carbocycles. The predicted octanol–water partition coefficient (Wildman–Crippen LogP) is -0.981. The zero-order chi connectivity index (χ0) is 8.32. The first-order valence-electron chi connectivity index (χ1n) is 3.57. The molecule has 0 aromatic rings. The standard InChI is InChI=1S/C6H13NO3S/c1-10-3-2-7-6-4-11(8,9)5-6/h6-7H,2-5H2,1H3. The van der Waals surface area contributed by atoms with Gasteiger partial charge in [-0.15, -0.1) is 0 Å². The van der Waals surface area contributed by atoms with Crippen molar-refractivity contribution in [2.45, 2.75) is 6.04 Å². The van der Waals surface area contributed by atoms with Crippen LogP contribution in [0.1, 0.15) is 0 Å². The van der Waals surface area contributed by atoms with Crippen molar-refractivity contribution in [3.05, 3.63) is 0 Å². The molecule has 1 heterocycles. The van der Waals surface area contributed by atoms with Gasteiger partial charge < -0.3 is 10.1 Å². The second kappa shape index (κ2) is 3.51. The molecule has 0 aromatic heterocycles. The molecule has 66 valence electrons. The van der Waals surface area contributed by atoms with Crippen LogP contribution >= 0.6 is 0 Å². The fraction of sp³-hybridized carbons (Fsp3) is 1.00. The summed E-state index contributed by atoms with van der Waals surface area (Å²) >= 11 is 0. The van der Waals surface area contributed by atoms with Crippen LogP contribution in [0, 0.1) is 0 Å². The molecular weight excluding hydrogens is 166 g/mol. The van der Waals surface area contributed by atoms with Gasteiger partial charge in [0.25, 0.3) is 0 Å². The Balaban J connectivity index is 2.05. The Labute approximate surface area is 66.8 Å². The van der Waals surface area contributed by atoms with Crippen molar-refractivity contribution in [3.63, 3.8) is 0 Å². The fourth-order valence-electron chi connectivity index (χ4n) is 1.05. The molecule has 0 unspecified atom stereocenters. The van der Waals surface area contributed by atoms with Crippen molar-refractivity contribution in [2.75, 3.05) is 31.8 Å². The van der Waals surface area contributed by atoms with Crippen LogP contribution in [-0.2, 0) is 14.6 Å². The minimum Gasteiger partial charge on any atom is -0.383 e. The molecule has 4 nitrogen and oxygen atoms in total. The summed E-state index contributed by atoms with van der Waals surface area (Å²) in [5, 5.41) is 3.07. The Hall–Kier alpha value is -0.130. The molecule has 5 heteroatoms. The van der Waals surface area contributed by atoms with Crippen molar-refractivity contribution >= 4 is 9.84 Å². The van der Waals surface area contributed by atoms with E-state index in [4.69, 9.17) is 4.74 Å². The molecule has 1 aliphatic rings. The molecule has 1 N–H and O–H groups in total. The summed E-state index contributed by atoms with van der Waals surface area (Å²) in [7, 11) is -1.05. The Morgan fingerprint density at radius 2 is 2.18 bits per heavy atom. The van der Waals surface area contributed by atoms with Crippen molar-refractivity contribution < 1.29 is 13.2 Å². The summed E-state index contributed by atoms with van der Waals surface area (Å²) in [6, 6.07) is 0.162. The number of methoxy groups -OCH3 is 1. The summed E-state index contributed by atoms with van der Waals surface area (Å²) < 4.78 is 26.1. The van der Waals surface area contributed by atoms with E-state index in [-0.39, 0.29) is 17.5 Å². The van der Waals surface area contributed by atoms with E-state index in [0.717, 1.165) is 6.54 Å². The molecule has 0 aromatic carbocycles. The minimum atomic E-state index is -2.67.